The normalized spacial score (nSPS) is 14.6. The highest BCUT2D eigenvalue weighted by atomic mass is 35.5. The molecular formula is C23H22Cl2N2O3. The number of pyridine rings is 1. The Morgan fingerprint density at radius 2 is 1.80 bits per heavy atom. The number of para-hydroxylation sites is 2. The number of benzene rings is 2. The van der Waals surface area contributed by atoms with Gasteiger partial charge in [-0.05, 0) is 50.2 Å². The van der Waals surface area contributed by atoms with Gasteiger partial charge in [-0.25, -0.2) is 4.79 Å². The van der Waals surface area contributed by atoms with Crippen LogP contribution in [0.2, 0.25) is 10.0 Å². The Hall–Kier alpha value is -2.34. The summed E-state index contributed by atoms with van der Waals surface area (Å²) in [7, 11) is 0. The van der Waals surface area contributed by atoms with Crippen LogP contribution in [-0.2, 0) is 0 Å². The van der Waals surface area contributed by atoms with E-state index < -0.39 is 5.97 Å². The minimum absolute atomic E-state index is 0.203. The third kappa shape index (κ3) is 4.86. The molecule has 7 heteroatoms. The summed E-state index contributed by atoms with van der Waals surface area (Å²) in [4.78, 5) is 19.6. The first-order valence-electron chi connectivity index (χ1n) is 10.0. The fraction of sp³-hybridized carbons (Fsp3) is 0.304. The average Bonchev–Trinajstić information content (AvgIpc) is 2.75. The predicted octanol–water partition coefficient (Wildman–Crippen LogP) is 5.63. The van der Waals surface area contributed by atoms with E-state index in [0.717, 1.165) is 19.6 Å². The van der Waals surface area contributed by atoms with Crippen molar-refractivity contribution in [3.8, 4) is 11.5 Å². The summed E-state index contributed by atoms with van der Waals surface area (Å²) >= 11 is 12.3. The molecule has 1 aromatic heterocycles. The highest BCUT2D eigenvalue weighted by molar-refractivity contribution is 6.35. The Morgan fingerprint density at radius 1 is 1.03 bits per heavy atom. The summed E-state index contributed by atoms with van der Waals surface area (Å²) in [5.41, 5.74) is 0.648. The molecule has 2 aromatic carbocycles. The predicted molar refractivity (Wildman–Crippen MR) is 119 cm³/mol. The highest BCUT2D eigenvalue weighted by Gasteiger charge is 2.20. The van der Waals surface area contributed by atoms with Crippen molar-refractivity contribution < 1.29 is 14.3 Å². The van der Waals surface area contributed by atoms with Crippen molar-refractivity contribution in [2.24, 2.45) is 0 Å². The molecule has 1 aliphatic heterocycles. The molecule has 30 heavy (non-hydrogen) atoms. The van der Waals surface area contributed by atoms with Crippen LogP contribution in [0.15, 0.2) is 48.7 Å². The second-order valence-corrected chi connectivity index (χ2v) is 8.08. The first-order valence-corrected chi connectivity index (χ1v) is 10.8. The van der Waals surface area contributed by atoms with Crippen LogP contribution < -0.4 is 9.47 Å². The van der Waals surface area contributed by atoms with Crippen LogP contribution in [0.3, 0.4) is 0 Å². The van der Waals surface area contributed by atoms with E-state index in [1.807, 2.05) is 6.07 Å². The van der Waals surface area contributed by atoms with E-state index in [9.17, 15) is 4.79 Å². The molecule has 0 amide bonds. The molecule has 156 valence electrons. The number of rotatable bonds is 6. The van der Waals surface area contributed by atoms with Crippen molar-refractivity contribution >= 4 is 40.1 Å². The van der Waals surface area contributed by atoms with Crippen molar-refractivity contribution in [1.29, 1.82) is 0 Å². The van der Waals surface area contributed by atoms with E-state index in [2.05, 4.69) is 9.88 Å². The molecule has 0 bridgehead atoms. The minimum atomic E-state index is -0.590. The molecule has 0 aliphatic carbocycles. The summed E-state index contributed by atoms with van der Waals surface area (Å²) in [6.45, 7) is 3.60. The standard InChI is InChI=1S/C23H22Cl2N2O3/c24-17-14-16-8-9-18(25)21(22(16)26-15-17)23(28)30-20-7-3-2-6-19(20)29-13-12-27-10-4-1-5-11-27/h2-3,6-9,14-15H,1,4-5,10-13H2. The zero-order chi connectivity index (χ0) is 20.9. The second-order valence-electron chi connectivity index (χ2n) is 7.23. The first-order chi connectivity index (χ1) is 14.6. The number of nitrogens with zero attached hydrogens (tertiary/aromatic N) is 2. The third-order valence-electron chi connectivity index (χ3n) is 5.14. The summed E-state index contributed by atoms with van der Waals surface area (Å²) < 4.78 is 11.6. The van der Waals surface area contributed by atoms with E-state index >= 15 is 0 Å². The molecule has 1 fully saturated rings. The Labute approximate surface area is 185 Å². The number of hydrogen-bond donors (Lipinski definition) is 0. The fourth-order valence-corrected chi connectivity index (χ4v) is 4.01. The molecule has 0 saturated carbocycles. The zero-order valence-electron chi connectivity index (χ0n) is 16.4. The Morgan fingerprint density at radius 3 is 2.60 bits per heavy atom. The van der Waals surface area contributed by atoms with E-state index in [1.54, 1.807) is 36.4 Å². The quantitative estimate of drug-likeness (QED) is 0.364. The molecule has 4 rings (SSSR count). The number of ether oxygens (including phenoxy) is 2. The van der Waals surface area contributed by atoms with Gasteiger partial charge in [0.25, 0.3) is 0 Å². The zero-order valence-corrected chi connectivity index (χ0v) is 18.0. The number of halogens is 2. The minimum Gasteiger partial charge on any atom is -0.488 e. The lowest BCUT2D eigenvalue weighted by Crippen LogP contribution is -2.33. The van der Waals surface area contributed by atoms with Gasteiger partial charge in [0.05, 0.1) is 15.6 Å². The van der Waals surface area contributed by atoms with Gasteiger partial charge in [0.15, 0.2) is 11.5 Å². The smallest absolute Gasteiger partial charge is 0.347 e. The van der Waals surface area contributed by atoms with Crippen LogP contribution in [0.4, 0.5) is 0 Å². The number of piperidine rings is 1. The lowest BCUT2D eigenvalue weighted by atomic mass is 10.1. The molecule has 0 atom stereocenters. The summed E-state index contributed by atoms with van der Waals surface area (Å²) in [5, 5.41) is 1.47. The van der Waals surface area contributed by atoms with Gasteiger partial charge in [-0.1, -0.05) is 47.8 Å². The molecule has 0 N–H and O–H groups in total. The summed E-state index contributed by atoms with van der Waals surface area (Å²) in [6.07, 6.45) is 5.25. The molecule has 3 aromatic rings. The molecule has 1 aliphatic rings. The van der Waals surface area contributed by atoms with Gasteiger partial charge in [-0.15, -0.1) is 0 Å². The average molecular weight is 445 g/mol. The SMILES string of the molecule is O=C(Oc1ccccc1OCCN1CCCCC1)c1c(Cl)ccc2cc(Cl)cnc12. The Balaban J connectivity index is 1.50. The van der Waals surface area contributed by atoms with Crippen LogP contribution in [0.5, 0.6) is 11.5 Å². The summed E-state index contributed by atoms with van der Waals surface area (Å²) in [5.74, 6) is 0.283. The fourth-order valence-electron chi connectivity index (χ4n) is 3.62. The number of fused-ring (bicyclic) bond motifs is 1. The van der Waals surface area contributed by atoms with Gasteiger partial charge in [0.1, 0.15) is 12.2 Å². The highest BCUT2D eigenvalue weighted by Crippen LogP contribution is 2.31. The van der Waals surface area contributed by atoms with Gasteiger partial charge >= 0.3 is 5.97 Å². The number of hydrogen-bond acceptors (Lipinski definition) is 5. The number of esters is 1. The van der Waals surface area contributed by atoms with Crippen molar-refractivity contribution in [1.82, 2.24) is 9.88 Å². The maximum absolute atomic E-state index is 13.0. The molecule has 0 spiro atoms. The van der Waals surface area contributed by atoms with Gasteiger partial charge < -0.3 is 9.47 Å². The monoisotopic (exact) mass is 444 g/mol. The van der Waals surface area contributed by atoms with Gasteiger partial charge in [0, 0.05) is 18.1 Å². The summed E-state index contributed by atoms with van der Waals surface area (Å²) in [6, 6.07) is 12.3. The van der Waals surface area contributed by atoms with Crippen LogP contribution in [0, 0.1) is 0 Å². The molecule has 0 radical (unpaired) electrons. The van der Waals surface area contributed by atoms with Crippen LogP contribution in [0.1, 0.15) is 29.6 Å². The topological polar surface area (TPSA) is 51.7 Å². The van der Waals surface area contributed by atoms with E-state index in [1.165, 1.54) is 25.5 Å². The Kier molecular flexibility index (Phi) is 6.72. The number of likely N-dealkylation sites (tertiary alicyclic amines) is 1. The van der Waals surface area contributed by atoms with Crippen molar-refractivity contribution in [3.63, 3.8) is 0 Å². The lowest BCUT2D eigenvalue weighted by molar-refractivity contribution is 0.0729. The molecule has 2 heterocycles. The third-order valence-corrected chi connectivity index (χ3v) is 5.66. The lowest BCUT2D eigenvalue weighted by Gasteiger charge is -2.26. The van der Waals surface area contributed by atoms with E-state index in [0.29, 0.717) is 34.0 Å². The van der Waals surface area contributed by atoms with Crippen LogP contribution in [-0.4, -0.2) is 42.1 Å². The maximum atomic E-state index is 13.0. The van der Waals surface area contributed by atoms with Gasteiger partial charge in [-0.2, -0.15) is 0 Å². The van der Waals surface area contributed by atoms with Crippen molar-refractivity contribution in [2.45, 2.75) is 19.3 Å². The number of carbonyl (C=O) groups is 1. The molecular weight excluding hydrogens is 423 g/mol. The maximum Gasteiger partial charge on any atom is 0.347 e. The van der Waals surface area contributed by atoms with Gasteiger partial charge in [-0.3, -0.25) is 9.88 Å². The molecule has 5 nitrogen and oxygen atoms in total. The molecule has 1 saturated heterocycles. The number of carbonyl (C=O) groups excluding carboxylic acids is 1. The van der Waals surface area contributed by atoms with Crippen molar-refractivity contribution in [3.05, 3.63) is 64.3 Å². The van der Waals surface area contributed by atoms with E-state index in [4.69, 9.17) is 32.7 Å². The van der Waals surface area contributed by atoms with E-state index in [-0.39, 0.29) is 10.6 Å². The van der Waals surface area contributed by atoms with Gasteiger partial charge in [0.2, 0.25) is 0 Å². The Bertz CT molecular complexity index is 1050. The number of aromatic nitrogens is 1. The molecule has 0 unspecified atom stereocenters. The van der Waals surface area contributed by atoms with Crippen LogP contribution in [0.25, 0.3) is 10.9 Å². The largest absolute Gasteiger partial charge is 0.488 e. The van der Waals surface area contributed by atoms with Crippen molar-refractivity contribution in [2.75, 3.05) is 26.2 Å². The first kappa shape index (κ1) is 20.9. The van der Waals surface area contributed by atoms with Crippen LogP contribution >= 0.6 is 23.2 Å². The second kappa shape index (κ2) is 9.65.